The molecule has 5 heteroatoms. The zero-order valence-electron chi connectivity index (χ0n) is 21.9. The summed E-state index contributed by atoms with van der Waals surface area (Å²) in [6.07, 6.45) is 3.69. The van der Waals surface area contributed by atoms with Gasteiger partial charge in [-0.05, 0) is 35.9 Å². The highest BCUT2D eigenvalue weighted by atomic mass is 31.2. The molecule has 1 aliphatic heterocycles. The van der Waals surface area contributed by atoms with Crippen molar-refractivity contribution in [1.29, 1.82) is 0 Å². The van der Waals surface area contributed by atoms with Crippen LogP contribution >= 0.6 is 7.14 Å². The normalized spacial score (nSPS) is 16.0. The van der Waals surface area contributed by atoms with E-state index in [0.29, 0.717) is 0 Å². The van der Waals surface area contributed by atoms with Gasteiger partial charge in [-0.3, -0.25) is 9.97 Å². The second-order valence-corrected chi connectivity index (χ2v) is 13.2. The predicted molar refractivity (Wildman–Crippen MR) is 170 cm³/mol. The van der Waals surface area contributed by atoms with Crippen molar-refractivity contribution >= 4 is 66.7 Å². The summed E-state index contributed by atoms with van der Waals surface area (Å²) in [6, 6.07) is 41.3. The minimum absolute atomic E-state index is 0.861. The van der Waals surface area contributed by atoms with Crippen molar-refractivity contribution in [3.8, 4) is 16.8 Å². The van der Waals surface area contributed by atoms with E-state index in [0.717, 1.165) is 76.3 Å². The van der Waals surface area contributed by atoms with E-state index < -0.39 is 7.14 Å². The summed E-state index contributed by atoms with van der Waals surface area (Å²) in [5.41, 5.74) is 7.04. The molecular weight excluding hydrogens is 521 g/mol. The molecule has 0 fully saturated rings. The van der Waals surface area contributed by atoms with Crippen LogP contribution in [0.5, 0.6) is 0 Å². The molecule has 0 aliphatic carbocycles. The first-order valence-corrected chi connectivity index (χ1v) is 15.4. The van der Waals surface area contributed by atoms with Crippen molar-refractivity contribution in [2.75, 3.05) is 0 Å². The maximum Gasteiger partial charge on any atom is 0.172 e. The number of rotatable bonds is 2. The minimum atomic E-state index is -3.08. The van der Waals surface area contributed by atoms with Crippen LogP contribution in [0.15, 0.2) is 134 Å². The van der Waals surface area contributed by atoms with Gasteiger partial charge in [0, 0.05) is 55.4 Å². The Labute approximate surface area is 235 Å². The van der Waals surface area contributed by atoms with Gasteiger partial charge in [0.1, 0.15) is 0 Å². The van der Waals surface area contributed by atoms with Gasteiger partial charge in [-0.2, -0.15) is 0 Å². The summed E-state index contributed by atoms with van der Waals surface area (Å²) in [5.74, 6) is 0. The maximum atomic E-state index is 15.3. The van der Waals surface area contributed by atoms with Crippen molar-refractivity contribution < 1.29 is 4.57 Å². The Balaban J connectivity index is 1.49. The number of nitrogens with zero attached hydrogens (tertiary/aromatic N) is 3. The fourth-order valence-electron chi connectivity index (χ4n) is 6.76. The molecule has 1 aliphatic rings. The Kier molecular flexibility index (Phi) is 4.57. The van der Waals surface area contributed by atoms with Crippen molar-refractivity contribution in [3.63, 3.8) is 0 Å². The van der Waals surface area contributed by atoms with E-state index in [9.17, 15) is 0 Å². The Hall–Kier alpha value is -5.05. The molecule has 9 rings (SSSR count). The number of hydrogen-bond donors (Lipinski definition) is 0. The van der Waals surface area contributed by atoms with Crippen LogP contribution in [0.25, 0.3) is 60.4 Å². The fraction of sp³-hybridized carbons (Fsp3) is 0. The Morgan fingerprint density at radius 1 is 0.561 bits per heavy atom. The van der Waals surface area contributed by atoms with Crippen LogP contribution in [0.1, 0.15) is 0 Å². The molecule has 3 aromatic heterocycles. The topological polar surface area (TPSA) is 47.8 Å². The van der Waals surface area contributed by atoms with Gasteiger partial charge in [-0.25, -0.2) is 0 Å². The molecule has 0 saturated heterocycles. The number of hydrogen-bond acceptors (Lipinski definition) is 3. The van der Waals surface area contributed by atoms with Crippen LogP contribution in [-0.4, -0.2) is 14.5 Å². The number of para-hydroxylation sites is 1. The van der Waals surface area contributed by atoms with Gasteiger partial charge in [-0.1, -0.05) is 91.0 Å². The molecule has 1 atom stereocenters. The Morgan fingerprint density at radius 3 is 2.27 bits per heavy atom. The number of fused-ring (bicyclic) bond motifs is 10. The Morgan fingerprint density at radius 2 is 1.34 bits per heavy atom. The molecule has 0 spiro atoms. The van der Waals surface area contributed by atoms with Gasteiger partial charge in [0.25, 0.3) is 0 Å². The van der Waals surface area contributed by atoms with Crippen molar-refractivity contribution in [3.05, 3.63) is 134 Å². The smallest absolute Gasteiger partial charge is 0.172 e. The molecule has 5 aromatic carbocycles. The van der Waals surface area contributed by atoms with E-state index in [4.69, 9.17) is 4.98 Å². The molecule has 1 unspecified atom stereocenters. The lowest BCUT2D eigenvalue weighted by Crippen LogP contribution is -2.20. The van der Waals surface area contributed by atoms with Gasteiger partial charge < -0.3 is 9.13 Å². The number of aromatic nitrogens is 3. The first kappa shape index (κ1) is 22.7. The van der Waals surface area contributed by atoms with Crippen molar-refractivity contribution in [2.24, 2.45) is 0 Å². The lowest BCUT2D eigenvalue weighted by molar-refractivity contribution is 0.593. The highest BCUT2D eigenvalue weighted by Crippen LogP contribution is 2.54. The van der Waals surface area contributed by atoms with Crippen LogP contribution in [0, 0.1) is 0 Å². The van der Waals surface area contributed by atoms with Crippen LogP contribution in [0.4, 0.5) is 0 Å². The molecule has 0 radical (unpaired) electrons. The fourth-order valence-corrected chi connectivity index (χ4v) is 9.82. The molecule has 4 nitrogen and oxygen atoms in total. The standard InChI is InChI=1S/C36H22N3OP/c40-41(24-10-2-1-3-11-24)31-15-7-5-13-28(31)33-32(41)19-18-26-25-12-4-6-14-29(25)39(36(26)33)30-20-22-38-35-27(30)17-16-23-9-8-21-37-34(23)35/h1-22H. The van der Waals surface area contributed by atoms with Crippen LogP contribution < -0.4 is 15.9 Å². The zero-order chi connectivity index (χ0) is 27.1. The van der Waals surface area contributed by atoms with Crippen molar-refractivity contribution in [1.82, 2.24) is 14.5 Å². The molecule has 0 bridgehead atoms. The maximum absolute atomic E-state index is 15.3. The lowest BCUT2D eigenvalue weighted by Gasteiger charge is -2.16. The summed E-state index contributed by atoms with van der Waals surface area (Å²) in [6.45, 7) is 0. The largest absolute Gasteiger partial charge is 0.309 e. The van der Waals surface area contributed by atoms with E-state index in [-0.39, 0.29) is 0 Å². The van der Waals surface area contributed by atoms with Crippen LogP contribution in [0.3, 0.4) is 0 Å². The minimum Gasteiger partial charge on any atom is -0.309 e. The van der Waals surface area contributed by atoms with Gasteiger partial charge in [0.15, 0.2) is 7.14 Å². The summed E-state index contributed by atoms with van der Waals surface area (Å²) in [7, 11) is -3.08. The number of benzene rings is 5. The lowest BCUT2D eigenvalue weighted by atomic mass is 10.0. The summed E-state index contributed by atoms with van der Waals surface area (Å²) in [5, 5.41) is 7.04. The average Bonchev–Trinajstić information content (AvgIpc) is 3.51. The highest BCUT2D eigenvalue weighted by Gasteiger charge is 2.41. The molecule has 192 valence electrons. The monoisotopic (exact) mass is 543 g/mol. The van der Waals surface area contributed by atoms with Crippen LogP contribution in [-0.2, 0) is 4.57 Å². The molecule has 8 aromatic rings. The predicted octanol–water partition coefficient (Wildman–Crippen LogP) is 7.50. The second kappa shape index (κ2) is 8.23. The second-order valence-electron chi connectivity index (χ2n) is 10.5. The van der Waals surface area contributed by atoms with E-state index in [2.05, 4.69) is 82.3 Å². The highest BCUT2D eigenvalue weighted by molar-refractivity contribution is 7.86. The summed E-state index contributed by atoms with van der Waals surface area (Å²) >= 11 is 0. The first-order valence-electron chi connectivity index (χ1n) is 13.7. The zero-order valence-corrected chi connectivity index (χ0v) is 22.8. The van der Waals surface area contributed by atoms with E-state index in [1.54, 1.807) is 0 Å². The number of pyridine rings is 2. The molecule has 0 amide bonds. The van der Waals surface area contributed by atoms with Gasteiger partial charge in [-0.15, -0.1) is 0 Å². The third kappa shape index (κ3) is 2.92. The van der Waals surface area contributed by atoms with Gasteiger partial charge >= 0.3 is 0 Å². The SMILES string of the molecule is O=P1(c2ccccc2)c2ccccc2-c2c1ccc1c3ccccc3n(-c3ccnc4c3ccc3cccnc34)c21. The Bertz CT molecular complexity index is 2410. The third-order valence-corrected chi connectivity index (χ3v) is 11.6. The van der Waals surface area contributed by atoms with Gasteiger partial charge in [0.2, 0.25) is 0 Å². The molecule has 0 N–H and O–H groups in total. The van der Waals surface area contributed by atoms with E-state index in [1.165, 1.54) is 0 Å². The summed E-state index contributed by atoms with van der Waals surface area (Å²) in [4.78, 5) is 9.48. The quantitative estimate of drug-likeness (QED) is 0.168. The molecular formula is C36H22N3OP. The van der Waals surface area contributed by atoms with Crippen LogP contribution in [0.2, 0.25) is 0 Å². The molecule has 41 heavy (non-hydrogen) atoms. The summed E-state index contributed by atoms with van der Waals surface area (Å²) < 4.78 is 17.6. The van der Waals surface area contributed by atoms with Gasteiger partial charge in [0.05, 0.1) is 27.8 Å². The average molecular weight is 544 g/mol. The molecule has 0 saturated carbocycles. The third-order valence-electron chi connectivity index (χ3n) is 8.49. The van der Waals surface area contributed by atoms with E-state index in [1.807, 2.05) is 60.9 Å². The van der Waals surface area contributed by atoms with E-state index >= 15 is 4.57 Å². The van der Waals surface area contributed by atoms with Crippen molar-refractivity contribution in [2.45, 2.75) is 0 Å². The molecule has 4 heterocycles. The first-order chi connectivity index (χ1) is 20.2.